The minimum absolute atomic E-state index is 0.275. The van der Waals surface area contributed by atoms with E-state index in [1.807, 2.05) is 0 Å². The summed E-state index contributed by atoms with van der Waals surface area (Å²) in [7, 11) is 0. The van der Waals surface area contributed by atoms with Crippen molar-refractivity contribution in [2.45, 2.75) is 19.4 Å². The molecule has 0 aliphatic rings. The second-order valence-corrected chi connectivity index (χ2v) is 3.71. The predicted octanol–water partition coefficient (Wildman–Crippen LogP) is 2.50. The second kappa shape index (κ2) is 6.67. The van der Waals surface area contributed by atoms with Gasteiger partial charge >= 0.3 is 11.4 Å². The van der Waals surface area contributed by atoms with Crippen molar-refractivity contribution in [3.8, 4) is 0 Å². The number of rotatable bonds is 6. The molecule has 3 nitrogen and oxygen atoms in total. The van der Waals surface area contributed by atoms with Crippen molar-refractivity contribution >= 4 is 11.4 Å². The average molecular weight is 272 g/mol. The Morgan fingerprint density at radius 3 is 2.29 bits per heavy atom. The highest BCUT2D eigenvalue weighted by Gasteiger charge is 2.23. The van der Waals surface area contributed by atoms with Crippen LogP contribution in [0.1, 0.15) is 5.56 Å². The summed E-state index contributed by atoms with van der Waals surface area (Å²) in [5.74, 6) is -0.465. The Morgan fingerprint density at radius 1 is 1.18 bits per heavy atom. The lowest BCUT2D eigenvalue weighted by Crippen LogP contribution is -2.18. The van der Waals surface area contributed by atoms with Gasteiger partial charge in [-0.15, -0.1) is 0 Å². The second-order valence-electron chi connectivity index (χ2n) is 2.87. The van der Waals surface area contributed by atoms with Gasteiger partial charge in [-0.1, -0.05) is 12.1 Å². The van der Waals surface area contributed by atoms with Crippen LogP contribution in [0.4, 0.5) is 17.6 Å². The van der Waals surface area contributed by atoms with E-state index in [-0.39, 0.29) is 6.61 Å². The summed E-state index contributed by atoms with van der Waals surface area (Å²) in [6.07, 6.45) is -6.36. The van der Waals surface area contributed by atoms with Crippen LogP contribution in [0.25, 0.3) is 0 Å². The topological polar surface area (TPSA) is 35.5 Å². The molecule has 0 saturated heterocycles. The molecule has 2 atom stereocenters. The van der Waals surface area contributed by atoms with Crippen LogP contribution >= 0.6 is 0 Å². The molecular formula is C9H8F4O3S. The third-order valence-corrected chi connectivity index (χ3v) is 2.25. The SMILES string of the molecule is O=S(OCc1ccc(F)cc1)OC(F)C(F)F. The van der Waals surface area contributed by atoms with Gasteiger partial charge in [-0.3, -0.25) is 4.18 Å². The summed E-state index contributed by atoms with van der Waals surface area (Å²) in [5, 5.41) is 0. The maximum absolute atomic E-state index is 12.5. The van der Waals surface area contributed by atoms with Crippen LogP contribution in [0.5, 0.6) is 0 Å². The van der Waals surface area contributed by atoms with E-state index in [4.69, 9.17) is 0 Å². The Bertz CT molecular complexity index is 371. The molecule has 1 rings (SSSR count). The predicted molar refractivity (Wildman–Crippen MR) is 51.3 cm³/mol. The van der Waals surface area contributed by atoms with Gasteiger partial charge in [-0.25, -0.2) is 21.7 Å². The fourth-order valence-corrected chi connectivity index (χ4v) is 1.36. The largest absolute Gasteiger partial charge is 0.308 e. The van der Waals surface area contributed by atoms with Crippen molar-refractivity contribution in [2.24, 2.45) is 0 Å². The van der Waals surface area contributed by atoms with Crippen LogP contribution in [0, 0.1) is 5.82 Å². The summed E-state index contributed by atoms with van der Waals surface area (Å²) in [6, 6.07) is 4.96. The molecule has 1 aromatic rings. The van der Waals surface area contributed by atoms with Gasteiger partial charge in [0, 0.05) is 0 Å². The van der Waals surface area contributed by atoms with Gasteiger partial charge in [0.15, 0.2) is 0 Å². The van der Waals surface area contributed by atoms with Crippen LogP contribution in [0.2, 0.25) is 0 Å². The first kappa shape index (κ1) is 14.1. The Hall–Kier alpha value is -0.990. The van der Waals surface area contributed by atoms with Crippen molar-refractivity contribution in [1.82, 2.24) is 0 Å². The van der Waals surface area contributed by atoms with Crippen LogP contribution in [0.3, 0.4) is 0 Å². The maximum Gasteiger partial charge on any atom is 0.308 e. The summed E-state index contributed by atoms with van der Waals surface area (Å²) < 4.78 is 67.1. The molecule has 0 amide bonds. The molecule has 0 N–H and O–H groups in total. The molecule has 0 aliphatic carbocycles. The van der Waals surface area contributed by atoms with Gasteiger partial charge in [-0.2, -0.15) is 4.21 Å². The van der Waals surface area contributed by atoms with Crippen LogP contribution in [-0.2, 0) is 26.3 Å². The minimum atomic E-state index is -3.40. The molecule has 0 radical (unpaired) electrons. The maximum atomic E-state index is 12.5. The van der Waals surface area contributed by atoms with Gasteiger partial charge in [0.1, 0.15) is 5.82 Å². The third kappa shape index (κ3) is 5.24. The van der Waals surface area contributed by atoms with Crippen molar-refractivity contribution < 1.29 is 30.1 Å². The van der Waals surface area contributed by atoms with E-state index >= 15 is 0 Å². The molecule has 0 aromatic heterocycles. The van der Waals surface area contributed by atoms with Crippen molar-refractivity contribution in [3.05, 3.63) is 35.6 Å². The lowest BCUT2D eigenvalue weighted by atomic mass is 10.2. The molecule has 1 aromatic carbocycles. The number of hydrogen-bond donors (Lipinski definition) is 0. The highest BCUT2D eigenvalue weighted by atomic mass is 32.2. The number of alkyl halides is 3. The first-order valence-corrected chi connectivity index (χ1v) is 5.38. The van der Waals surface area contributed by atoms with E-state index in [1.165, 1.54) is 12.1 Å². The fourth-order valence-electron chi connectivity index (χ4n) is 0.842. The fraction of sp³-hybridized carbons (Fsp3) is 0.333. The van der Waals surface area contributed by atoms with Gasteiger partial charge in [0.25, 0.3) is 12.8 Å². The molecule has 0 bridgehead atoms. The van der Waals surface area contributed by atoms with Crippen LogP contribution in [0.15, 0.2) is 24.3 Å². The molecular weight excluding hydrogens is 264 g/mol. The van der Waals surface area contributed by atoms with E-state index in [1.54, 1.807) is 0 Å². The number of benzene rings is 1. The molecule has 0 fully saturated rings. The smallest absolute Gasteiger partial charge is 0.264 e. The first-order chi connectivity index (χ1) is 7.99. The summed E-state index contributed by atoms with van der Waals surface area (Å²) in [6.45, 7) is -0.275. The highest BCUT2D eigenvalue weighted by molar-refractivity contribution is 7.75. The zero-order valence-electron chi connectivity index (χ0n) is 8.32. The van der Waals surface area contributed by atoms with Gasteiger partial charge in [-0.05, 0) is 17.7 Å². The molecule has 0 aliphatic heterocycles. The zero-order chi connectivity index (χ0) is 12.8. The summed E-state index contributed by atoms with van der Waals surface area (Å²) in [4.78, 5) is 0. The highest BCUT2D eigenvalue weighted by Crippen LogP contribution is 2.11. The van der Waals surface area contributed by atoms with Gasteiger partial charge < -0.3 is 0 Å². The molecule has 17 heavy (non-hydrogen) atoms. The first-order valence-electron chi connectivity index (χ1n) is 4.38. The molecule has 8 heteroatoms. The van der Waals surface area contributed by atoms with E-state index in [2.05, 4.69) is 8.37 Å². The van der Waals surface area contributed by atoms with Gasteiger partial charge in [0.2, 0.25) is 0 Å². The molecule has 0 heterocycles. The lowest BCUT2D eigenvalue weighted by molar-refractivity contribution is -0.0660. The normalized spacial score (nSPS) is 14.9. The summed E-state index contributed by atoms with van der Waals surface area (Å²) >= 11 is -2.63. The zero-order valence-corrected chi connectivity index (χ0v) is 9.13. The Labute approximate surface area is 97.2 Å². The van der Waals surface area contributed by atoms with Crippen LogP contribution in [-0.4, -0.2) is 17.0 Å². The molecule has 96 valence electrons. The molecule has 0 spiro atoms. The van der Waals surface area contributed by atoms with Crippen LogP contribution < -0.4 is 0 Å². The van der Waals surface area contributed by atoms with E-state index in [0.29, 0.717) is 5.56 Å². The Balaban J connectivity index is 2.35. The Morgan fingerprint density at radius 2 is 1.76 bits per heavy atom. The average Bonchev–Trinajstić information content (AvgIpc) is 2.28. The molecule has 0 saturated carbocycles. The standard InChI is InChI=1S/C9H8F4O3S/c10-7-3-1-6(2-4-7)5-15-17(14)16-9(13)8(11)12/h1-4,8-9H,5H2. The van der Waals surface area contributed by atoms with Gasteiger partial charge in [0.05, 0.1) is 6.61 Å². The minimum Gasteiger partial charge on any atom is -0.264 e. The molecule has 2 unspecified atom stereocenters. The number of hydrogen-bond acceptors (Lipinski definition) is 3. The number of halogens is 4. The van der Waals surface area contributed by atoms with E-state index in [0.717, 1.165) is 12.1 Å². The van der Waals surface area contributed by atoms with E-state index < -0.39 is 30.0 Å². The monoisotopic (exact) mass is 272 g/mol. The van der Waals surface area contributed by atoms with E-state index in [9.17, 15) is 21.8 Å². The quantitative estimate of drug-likeness (QED) is 0.746. The van der Waals surface area contributed by atoms with Crippen molar-refractivity contribution in [2.75, 3.05) is 0 Å². The Kier molecular flexibility index (Phi) is 5.52. The van der Waals surface area contributed by atoms with Crippen molar-refractivity contribution in [1.29, 1.82) is 0 Å². The third-order valence-electron chi connectivity index (χ3n) is 1.60. The summed E-state index contributed by atoms with van der Waals surface area (Å²) in [5.41, 5.74) is 0.441. The lowest BCUT2D eigenvalue weighted by Gasteiger charge is -2.07. The van der Waals surface area contributed by atoms with Crippen molar-refractivity contribution in [3.63, 3.8) is 0 Å².